The van der Waals surface area contributed by atoms with Gasteiger partial charge in [-0.15, -0.1) is 12.4 Å². The predicted molar refractivity (Wildman–Crippen MR) is 94.7 cm³/mol. The molecule has 0 amide bonds. The van der Waals surface area contributed by atoms with Gasteiger partial charge in [-0.05, 0) is 38.1 Å². The van der Waals surface area contributed by atoms with Gasteiger partial charge in [0.25, 0.3) is 0 Å². The van der Waals surface area contributed by atoms with Gasteiger partial charge in [0.05, 0.1) is 4.90 Å². The summed E-state index contributed by atoms with van der Waals surface area (Å²) in [6.45, 7) is 3.78. The molecule has 2 heterocycles. The quantitative estimate of drug-likeness (QED) is 0.872. The highest BCUT2D eigenvalue weighted by Crippen LogP contribution is 2.26. The smallest absolute Gasteiger partial charge is 0.243 e. The number of hydrogen-bond donors (Lipinski definition) is 1. The first-order chi connectivity index (χ1) is 11.0. The van der Waals surface area contributed by atoms with E-state index in [4.69, 9.17) is 4.42 Å². The molecule has 3 rings (SSSR count). The number of halogens is 1. The van der Waals surface area contributed by atoms with Crippen molar-refractivity contribution < 1.29 is 12.8 Å². The molecule has 1 unspecified atom stereocenters. The van der Waals surface area contributed by atoms with Gasteiger partial charge in [0, 0.05) is 25.6 Å². The van der Waals surface area contributed by atoms with Crippen LogP contribution in [0.5, 0.6) is 0 Å². The van der Waals surface area contributed by atoms with Gasteiger partial charge < -0.3 is 9.73 Å². The molecule has 24 heavy (non-hydrogen) atoms. The van der Waals surface area contributed by atoms with Gasteiger partial charge in [-0.25, -0.2) is 13.4 Å². The Bertz CT molecular complexity index is 774. The van der Waals surface area contributed by atoms with E-state index in [9.17, 15) is 8.42 Å². The number of sulfonamides is 1. The van der Waals surface area contributed by atoms with Gasteiger partial charge >= 0.3 is 0 Å². The lowest BCUT2D eigenvalue weighted by Gasteiger charge is -2.16. The zero-order valence-electron chi connectivity index (χ0n) is 13.7. The van der Waals surface area contributed by atoms with E-state index in [1.165, 1.54) is 0 Å². The monoisotopic (exact) mass is 371 g/mol. The summed E-state index contributed by atoms with van der Waals surface area (Å²) in [7, 11) is -1.53. The number of nitrogens with one attached hydrogen (secondary N) is 1. The topological polar surface area (TPSA) is 75.4 Å². The molecule has 6 nitrogen and oxygen atoms in total. The van der Waals surface area contributed by atoms with Crippen LogP contribution in [0.25, 0.3) is 11.3 Å². The van der Waals surface area contributed by atoms with Gasteiger partial charge in [0.2, 0.25) is 10.0 Å². The molecule has 1 aromatic heterocycles. The van der Waals surface area contributed by atoms with Crippen molar-refractivity contribution in [3.05, 3.63) is 36.4 Å². The molecule has 0 bridgehead atoms. The molecule has 0 aliphatic carbocycles. The van der Waals surface area contributed by atoms with Gasteiger partial charge in [-0.3, -0.25) is 0 Å². The Morgan fingerprint density at radius 2 is 2.04 bits per heavy atom. The normalized spacial score (nSPS) is 18.5. The molecule has 132 valence electrons. The van der Waals surface area contributed by atoms with Crippen molar-refractivity contribution in [2.45, 2.75) is 18.2 Å². The number of rotatable bonds is 5. The van der Waals surface area contributed by atoms with E-state index in [0.29, 0.717) is 35.5 Å². The minimum absolute atomic E-state index is 0. The summed E-state index contributed by atoms with van der Waals surface area (Å²) in [5, 5.41) is 3.11. The molecule has 1 saturated heterocycles. The van der Waals surface area contributed by atoms with Crippen LogP contribution >= 0.6 is 12.4 Å². The summed E-state index contributed by atoms with van der Waals surface area (Å²) < 4.78 is 32.2. The highest BCUT2D eigenvalue weighted by Gasteiger charge is 2.32. The van der Waals surface area contributed by atoms with Crippen LogP contribution in [0.2, 0.25) is 0 Å². The SMILES string of the molecule is CNCC1CCN(S(=O)(=O)c2ccc(-c3coc(C)n3)cc2)C1.Cl. The van der Waals surface area contributed by atoms with Crippen molar-refractivity contribution in [1.82, 2.24) is 14.6 Å². The van der Waals surface area contributed by atoms with E-state index in [1.807, 2.05) is 7.05 Å². The van der Waals surface area contributed by atoms with E-state index in [-0.39, 0.29) is 12.4 Å². The zero-order chi connectivity index (χ0) is 16.4. The Hall–Kier alpha value is -1.41. The number of nitrogens with zero attached hydrogens (tertiary/aromatic N) is 2. The number of aryl methyl sites for hydroxylation is 1. The van der Waals surface area contributed by atoms with Crippen molar-refractivity contribution >= 4 is 22.4 Å². The molecule has 1 aromatic carbocycles. The molecule has 1 fully saturated rings. The lowest BCUT2D eigenvalue weighted by atomic mass is 10.1. The first-order valence-corrected chi connectivity index (χ1v) is 9.12. The third-order valence-corrected chi connectivity index (χ3v) is 6.03. The van der Waals surface area contributed by atoms with Crippen molar-refractivity contribution in [3.8, 4) is 11.3 Å². The largest absolute Gasteiger partial charge is 0.449 e. The standard InChI is InChI=1S/C16H21N3O3S.ClH/c1-12-18-16(11-22-12)14-3-5-15(6-4-14)23(20,21)19-8-7-13(10-19)9-17-2;/h3-6,11,13,17H,7-10H2,1-2H3;1H. The number of aromatic nitrogens is 1. The van der Waals surface area contributed by atoms with Crippen molar-refractivity contribution in [2.24, 2.45) is 5.92 Å². The number of hydrogen-bond acceptors (Lipinski definition) is 5. The maximum Gasteiger partial charge on any atom is 0.243 e. The molecular weight excluding hydrogens is 350 g/mol. The predicted octanol–water partition coefficient (Wildman–Crippen LogP) is 2.30. The van der Waals surface area contributed by atoms with E-state index in [0.717, 1.165) is 18.5 Å². The maximum atomic E-state index is 12.7. The Labute approximate surface area is 148 Å². The Balaban J connectivity index is 0.00000208. The van der Waals surface area contributed by atoms with Crippen LogP contribution in [-0.4, -0.2) is 44.4 Å². The van der Waals surface area contributed by atoms with Crippen LogP contribution in [0.15, 0.2) is 39.8 Å². The minimum atomic E-state index is -3.42. The van der Waals surface area contributed by atoms with Crippen LogP contribution < -0.4 is 5.32 Å². The van der Waals surface area contributed by atoms with Crippen molar-refractivity contribution in [2.75, 3.05) is 26.7 Å². The average Bonchev–Trinajstić information content (AvgIpc) is 3.17. The first-order valence-electron chi connectivity index (χ1n) is 7.68. The first kappa shape index (κ1) is 18.9. The lowest BCUT2D eigenvalue weighted by molar-refractivity contribution is 0.451. The van der Waals surface area contributed by atoms with Crippen LogP contribution in [0.1, 0.15) is 12.3 Å². The molecule has 1 N–H and O–H groups in total. The van der Waals surface area contributed by atoms with Gasteiger partial charge in [-0.2, -0.15) is 4.31 Å². The summed E-state index contributed by atoms with van der Waals surface area (Å²) in [5.74, 6) is 0.969. The van der Waals surface area contributed by atoms with Crippen LogP contribution in [0, 0.1) is 12.8 Å². The lowest BCUT2D eigenvalue weighted by Crippen LogP contribution is -2.30. The van der Waals surface area contributed by atoms with Crippen molar-refractivity contribution in [1.29, 1.82) is 0 Å². The highest BCUT2D eigenvalue weighted by molar-refractivity contribution is 7.89. The van der Waals surface area contributed by atoms with Gasteiger partial charge in [0.1, 0.15) is 12.0 Å². The second-order valence-corrected chi connectivity index (χ2v) is 7.79. The second kappa shape index (κ2) is 7.65. The van der Waals surface area contributed by atoms with Gasteiger partial charge in [-0.1, -0.05) is 12.1 Å². The third kappa shape index (κ3) is 3.80. The molecule has 1 aliphatic rings. The summed E-state index contributed by atoms with van der Waals surface area (Å²) in [6.07, 6.45) is 2.47. The summed E-state index contributed by atoms with van der Waals surface area (Å²) in [4.78, 5) is 4.57. The fourth-order valence-corrected chi connectivity index (χ4v) is 4.44. The highest BCUT2D eigenvalue weighted by atomic mass is 35.5. The van der Waals surface area contributed by atoms with E-state index in [2.05, 4.69) is 10.3 Å². The third-order valence-electron chi connectivity index (χ3n) is 4.15. The van der Waals surface area contributed by atoms with Gasteiger partial charge in [0.15, 0.2) is 5.89 Å². The zero-order valence-corrected chi connectivity index (χ0v) is 15.4. The summed E-state index contributed by atoms with van der Waals surface area (Å²) in [5.41, 5.74) is 1.55. The van der Waals surface area contributed by atoms with Crippen LogP contribution in [0.4, 0.5) is 0 Å². The molecule has 0 radical (unpaired) electrons. The minimum Gasteiger partial charge on any atom is -0.449 e. The fourth-order valence-electron chi connectivity index (χ4n) is 2.91. The van der Waals surface area contributed by atoms with Crippen LogP contribution in [0.3, 0.4) is 0 Å². The second-order valence-electron chi connectivity index (χ2n) is 5.85. The molecule has 0 saturated carbocycles. The number of oxazole rings is 1. The molecule has 0 spiro atoms. The Morgan fingerprint density at radius 1 is 1.33 bits per heavy atom. The molecule has 1 atom stereocenters. The van der Waals surface area contributed by atoms with Crippen molar-refractivity contribution in [3.63, 3.8) is 0 Å². The summed E-state index contributed by atoms with van der Waals surface area (Å²) >= 11 is 0. The fraction of sp³-hybridized carbons (Fsp3) is 0.438. The Morgan fingerprint density at radius 3 is 2.62 bits per heavy atom. The molecular formula is C16H22ClN3O3S. The van der Waals surface area contributed by atoms with E-state index >= 15 is 0 Å². The Kier molecular flexibility index (Phi) is 6.03. The summed E-state index contributed by atoms with van der Waals surface area (Å²) in [6, 6.07) is 6.82. The molecule has 8 heteroatoms. The maximum absolute atomic E-state index is 12.7. The molecule has 1 aliphatic heterocycles. The average molecular weight is 372 g/mol. The molecule has 2 aromatic rings. The van der Waals surface area contributed by atoms with Crippen LogP contribution in [-0.2, 0) is 10.0 Å². The van der Waals surface area contributed by atoms with E-state index in [1.54, 1.807) is 41.8 Å². The number of benzene rings is 1. The van der Waals surface area contributed by atoms with E-state index < -0.39 is 10.0 Å².